The van der Waals surface area contributed by atoms with E-state index < -0.39 is 0 Å². The van der Waals surface area contributed by atoms with Gasteiger partial charge in [-0.2, -0.15) is 0 Å². The topological polar surface area (TPSA) is 33.2 Å². The van der Waals surface area contributed by atoms with E-state index >= 15 is 0 Å². The molecule has 0 aliphatic heterocycles. The lowest BCUT2D eigenvalue weighted by Crippen LogP contribution is -2.16. The number of carbonyl (C=O) groups excluding carboxylic acids is 1. The molecule has 0 amide bonds. The molecule has 1 heterocycles. The van der Waals surface area contributed by atoms with Crippen molar-refractivity contribution >= 4 is 25.1 Å². The summed E-state index contributed by atoms with van der Waals surface area (Å²) in [4.78, 5) is 18.2. The molecule has 0 saturated heterocycles. The zero-order valence-electron chi connectivity index (χ0n) is 12.8. The van der Waals surface area contributed by atoms with Crippen LogP contribution in [0.5, 0.6) is 0 Å². The van der Waals surface area contributed by atoms with Crippen molar-refractivity contribution in [2.75, 3.05) is 4.90 Å². The van der Waals surface area contributed by atoms with Gasteiger partial charge in [0.15, 0.2) is 5.78 Å². The van der Waals surface area contributed by atoms with Crippen LogP contribution < -0.4 is 4.90 Å². The first kappa shape index (κ1) is 15.0. The van der Waals surface area contributed by atoms with E-state index in [1.54, 1.807) is 6.20 Å². The molecule has 1 aromatic heterocycles. The number of benzene rings is 1. The van der Waals surface area contributed by atoms with Crippen LogP contribution in [0.1, 0.15) is 22.8 Å². The Morgan fingerprint density at radius 3 is 2.48 bits per heavy atom. The minimum Gasteiger partial charge on any atom is -0.300 e. The number of ketones is 1. The summed E-state index contributed by atoms with van der Waals surface area (Å²) in [6.07, 6.45) is 2.29. The Kier molecular flexibility index (Phi) is 4.58. The SMILES string of the molecule is BCC(=O)c1ccc(N(C(=C)C)c2ncccc2C)cc1. The Balaban J connectivity index is 2.42. The van der Waals surface area contributed by atoms with E-state index in [1.807, 2.05) is 63.0 Å². The number of carbonyl (C=O) groups is 1. The zero-order valence-corrected chi connectivity index (χ0v) is 12.8. The highest BCUT2D eigenvalue weighted by Gasteiger charge is 2.14. The van der Waals surface area contributed by atoms with Crippen molar-refractivity contribution in [1.29, 1.82) is 0 Å². The van der Waals surface area contributed by atoms with Crippen molar-refractivity contribution in [3.63, 3.8) is 0 Å². The molecule has 0 fully saturated rings. The molecule has 21 heavy (non-hydrogen) atoms. The van der Waals surface area contributed by atoms with Gasteiger partial charge in [0.25, 0.3) is 0 Å². The fourth-order valence-corrected chi connectivity index (χ4v) is 2.24. The van der Waals surface area contributed by atoms with Gasteiger partial charge in [0.05, 0.1) is 0 Å². The van der Waals surface area contributed by atoms with E-state index in [2.05, 4.69) is 11.6 Å². The second kappa shape index (κ2) is 6.40. The lowest BCUT2D eigenvalue weighted by Gasteiger charge is -2.25. The number of anilines is 2. The summed E-state index contributed by atoms with van der Waals surface area (Å²) in [6, 6.07) is 11.5. The number of aromatic nitrogens is 1. The first-order chi connectivity index (χ1) is 10.0. The first-order valence-corrected chi connectivity index (χ1v) is 7.05. The third-order valence-corrected chi connectivity index (χ3v) is 3.34. The number of allylic oxidation sites excluding steroid dienone is 1. The van der Waals surface area contributed by atoms with Gasteiger partial charge in [0.2, 0.25) is 0 Å². The van der Waals surface area contributed by atoms with Gasteiger partial charge >= 0.3 is 0 Å². The summed E-state index contributed by atoms with van der Waals surface area (Å²) in [5, 5.41) is 0. The van der Waals surface area contributed by atoms with Crippen LogP contribution >= 0.6 is 0 Å². The van der Waals surface area contributed by atoms with Crippen LogP contribution in [-0.4, -0.2) is 18.6 Å². The molecule has 0 unspecified atom stereocenters. The minimum absolute atomic E-state index is 0.150. The third-order valence-electron chi connectivity index (χ3n) is 3.34. The monoisotopic (exact) mass is 278 g/mol. The predicted molar refractivity (Wildman–Crippen MR) is 90.1 cm³/mol. The summed E-state index contributed by atoms with van der Waals surface area (Å²) >= 11 is 0. The van der Waals surface area contributed by atoms with Crippen molar-refractivity contribution in [3.05, 3.63) is 66.0 Å². The van der Waals surface area contributed by atoms with Crippen LogP contribution in [0.15, 0.2) is 54.9 Å². The Bertz CT molecular complexity index is 665. The van der Waals surface area contributed by atoms with Crippen LogP contribution in [0.2, 0.25) is 6.32 Å². The average molecular weight is 278 g/mol. The number of rotatable bonds is 5. The van der Waals surface area contributed by atoms with Crippen LogP contribution in [-0.2, 0) is 0 Å². The molecule has 1 aromatic carbocycles. The highest BCUT2D eigenvalue weighted by molar-refractivity contribution is 6.24. The van der Waals surface area contributed by atoms with Gasteiger partial charge in [-0.05, 0) is 56.1 Å². The molecule has 2 rings (SSSR count). The van der Waals surface area contributed by atoms with E-state index in [-0.39, 0.29) is 5.78 Å². The average Bonchev–Trinajstić information content (AvgIpc) is 2.49. The van der Waals surface area contributed by atoms with Gasteiger partial charge in [-0.25, -0.2) is 4.98 Å². The predicted octanol–water partition coefficient (Wildman–Crippen LogP) is 3.30. The van der Waals surface area contributed by atoms with Gasteiger partial charge in [-0.15, -0.1) is 0 Å². The minimum atomic E-state index is 0.150. The lowest BCUT2D eigenvalue weighted by atomic mass is 9.96. The molecule has 0 spiro atoms. The van der Waals surface area contributed by atoms with Gasteiger partial charge < -0.3 is 0 Å². The maximum Gasteiger partial charge on any atom is 0.155 e. The van der Waals surface area contributed by atoms with Crippen LogP contribution in [0.4, 0.5) is 11.5 Å². The van der Waals surface area contributed by atoms with Crippen LogP contribution in [0, 0.1) is 6.92 Å². The fraction of sp³-hybridized carbons (Fsp3) is 0.176. The highest BCUT2D eigenvalue weighted by Crippen LogP contribution is 2.29. The molecule has 0 aliphatic rings. The smallest absolute Gasteiger partial charge is 0.155 e. The van der Waals surface area contributed by atoms with Gasteiger partial charge in [-0.1, -0.05) is 12.6 Å². The molecule has 2 aromatic rings. The van der Waals surface area contributed by atoms with E-state index in [0.717, 1.165) is 28.3 Å². The number of aryl methyl sites for hydroxylation is 1. The Labute approximate surface area is 126 Å². The number of nitrogens with zero attached hydrogens (tertiary/aromatic N) is 2. The summed E-state index contributed by atoms with van der Waals surface area (Å²) in [7, 11) is 1.87. The van der Waals surface area contributed by atoms with Crippen LogP contribution in [0.3, 0.4) is 0 Å². The highest BCUT2D eigenvalue weighted by atomic mass is 16.1. The maximum atomic E-state index is 11.7. The fourth-order valence-electron chi connectivity index (χ4n) is 2.24. The van der Waals surface area contributed by atoms with Crippen molar-refractivity contribution in [3.8, 4) is 0 Å². The summed E-state index contributed by atoms with van der Waals surface area (Å²) in [5.74, 6) is 1.01. The molecule has 106 valence electrons. The Morgan fingerprint density at radius 2 is 1.95 bits per heavy atom. The van der Waals surface area contributed by atoms with Gasteiger partial charge in [0.1, 0.15) is 13.7 Å². The summed E-state index contributed by atoms with van der Waals surface area (Å²) in [5.41, 5.74) is 3.65. The molecule has 4 heteroatoms. The number of pyridine rings is 1. The molecule has 0 saturated carbocycles. The van der Waals surface area contributed by atoms with Crippen molar-refractivity contribution in [2.24, 2.45) is 0 Å². The molecule has 3 nitrogen and oxygen atoms in total. The van der Waals surface area contributed by atoms with Crippen molar-refractivity contribution in [1.82, 2.24) is 4.98 Å². The molecule has 0 bridgehead atoms. The second-order valence-corrected chi connectivity index (χ2v) is 5.04. The lowest BCUT2D eigenvalue weighted by molar-refractivity contribution is 0.101. The maximum absolute atomic E-state index is 11.7. The Hall–Kier alpha value is -2.36. The largest absolute Gasteiger partial charge is 0.300 e. The van der Waals surface area contributed by atoms with Crippen LogP contribution in [0.25, 0.3) is 0 Å². The molecular weight excluding hydrogens is 259 g/mol. The first-order valence-electron chi connectivity index (χ1n) is 7.05. The van der Waals surface area contributed by atoms with E-state index in [4.69, 9.17) is 0 Å². The van der Waals surface area contributed by atoms with Gasteiger partial charge in [0, 0.05) is 23.1 Å². The summed E-state index contributed by atoms with van der Waals surface area (Å²) in [6.45, 7) is 8.01. The van der Waals surface area contributed by atoms with E-state index in [9.17, 15) is 4.79 Å². The number of hydrogen-bond acceptors (Lipinski definition) is 3. The molecule has 0 atom stereocenters. The standard InChI is InChI=1S/C17H19BN2O/c1-12(2)20(17-13(3)5-4-10-19-17)15-8-6-14(7-9-15)16(21)11-18/h4-10H,1,11,18H2,2-3H3. The van der Waals surface area contributed by atoms with Crippen molar-refractivity contribution < 1.29 is 4.79 Å². The number of Topliss-reactive ketones (excluding diaryl/α,β-unsaturated/α-hetero) is 1. The Morgan fingerprint density at radius 1 is 1.29 bits per heavy atom. The molecule has 0 radical (unpaired) electrons. The molecule has 0 N–H and O–H groups in total. The van der Waals surface area contributed by atoms with E-state index in [0.29, 0.717) is 6.32 Å². The van der Waals surface area contributed by atoms with E-state index in [1.165, 1.54) is 0 Å². The quantitative estimate of drug-likeness (QED) is 0.621. The third kappa shape index (κ3) is 3.22. The van der Waals surface area contributed by atoms with Crippen molar-refractivity contribution in [2.45, 2.75) is 20.2 Å². The molecule has 0 aliphatic carbocycles. The van der Waals surface area contributed by atoms with Gasteiger partial charge in [-0.3, -0.25) is 9.69 Å². The molecular formula is C17H19BN2O. The second-order valence-electron chi connectivity index (χ2n) is 5.04. The summed E-state index contributed by atoms with van der Waals surface area (Å²) < 4.78 is 0. The zero-order chi connectivity index (χ0) is 15.4. The normalized spacial score (nSPS) is 10.2. The number of hydrogen-bond donors (Lipinski definition) is 0.